The molecular weight excluding hydrogens is 414 g/mol. The molecule has 2 amide bonds. The van der Waals surface area contributed by atoms with Crippen molar-refractivity contribution in [2.45, 2.75) is 43.4 Å². The fourth-order valence-corrected chi connectivity index (χ4v) is 5.07. The molecule has 1 N–H and O–H groups in total. The maximum Gasteiger partial charge on any atom is 0.223 e. The molecule has 3 rings (SSSR count). The summed E-state index contributed by atoms with van der Waals surface area (Å²) in [5.74, 6) is -0.368. The largest absolute Gasteiger partial charge is 0.378 e. The zero-order chi connectivity index (χ0) is 22.8. The van der Waals surface area contributed by atoms with E-state index in [9.17, 15) is 18.0 Å². The van der Waals surface area contributed by atoms with Gasteiger partial charge in [-0.05, 0) is 54.8 Å². The molecule has 1 heterocycles. The first kappa shape index (κ1) is 22.8. The van der Waals surface area contributed by atoms with E-state index in [1.165, 1.54) is 13.0 Å². The number of benzene rings is 2. The molecule has 1 aliphatic rings. The number of anilines is 2. The molecule has 1 unspecified atom stereocenters. The topological polar surface area (TPSA) is 86.8 Å². The van der Waals surface area contributed by atoms with Gasteiger partial charge in [0.05, 0.1) is 10.1 Å². The van der Waals surface area contributed by atoms with E-state index in [2.05, 4.69) is 5.32 Å². The van der Waals surface area contributed by atoms with E-state index in [4.69, 9.17) is 0 Å². The predicted octanol–water partition coefficient (Wildman–Crippen LogP) is 2.53. The Labute approximate surface area is 184 Å². The van der Waals surface area contributed by atoms with Crippen molar-refractivity contribution in [3.8, 4) is 0 Å². The highest BCUT2D eigenvalue weighted by Gasteiger charge is 2.29. The molecule has 166 valence electrons. The normalized spacial score (nSPS) is 14.1. The number of hydrogen-bond donors (Lipinski definition) is 1. The molecule has 0 aliphatic carbocycles. The second-order valence-corrected chi connectivity index (χ2v) is 10.5. The Bertz CT molecular complexity index is 1080. The second-order valence-electron chi connectivity index (χ2n) is 8.11. The lowest BCUT2D eigenvalue weighted by Crippen LogP contribution is -2.29. The Hall–Kier alpha value is -2.87. The SMILES string of the molecule is CC(=O)N1CCc2cc(S(=O)(=O)C(C)CC(=O)NCc3ccc(N(C)C)cc3)ccc21. The zero-order valence-electron chi connectivity index (χ0n) is 18.4. The highest BCUT2D eigenvalue weighted by atomic mass is 32.2. The average molecular weight is 444 g/mol. The Kier molecular flexibility index (Phi) is 6.69. The van der Waals surface area contributed by atoms with E-state index < -0.39 is 15.1 Å². The van der Waals surface area contributed by atoms with Gasteiger partial charge in [0.15, 0.2) is 9.84 Å². The third-order valence-corrected chi connectivity index (χ3v) is 7.74. The van der Waals surface area contributed by atoms with E-state index in [1.807, 2.05) is 43.3 Å². The summed E-state index contributed by atoms with van der Waals surface area (Å²) in [6.45, 7) is 3.95. The smallest absolute Gasteiger partial charge is 0.223 e. The highest BCUT2D eigenvalue weighted by molar-refractivity contribution is 7.92. The highest BCUT2D eigenvalue weighted by Crippen LogP contribution is 2.31. The fraction of sp³-hybridized carbons (Fsp3) is 0.391. The van der Waals surface area contributed by atoms with E-state index >= 15 is 0 Å². The van der Waals surface area contributed by atoms with Gasteiger partial charge in [-0.15, -0.1) is 0 Å². The van der Waals surface area contributed by atoms with Crippen LogP contribution in [0.1, 0.15) is 31.4 Å². The molecule has 1 aliphatic heterocycles. The van der Waals surface area contributed by atoms with Crippen LogP contribution in [0, 0.1) is 0 Å². The van der Waals surface area contributed by atoms with Gasteiger partial charge in [-0.25, -0.2) is 8.42 Å². The Balaban J connectivity index is 1.62. The third-order valence-electron chi connectivity index (χ3n) is 5.60. The Morgan fingerprint density at radius 1 is 1.13 bits per heavy atom. The summed E-state index contributed by atoms with van der Waals surface area (Å²) in [7, 11) is 0.253. The van der Waals surface area contributed by atoms with Crippen LogP contribution in [0.15, 0.2) is 47.4 Å². The van der Waals surface area contributed by atoms with E-state index in [-0.39, 0.29) is 23.1 Å². The molecule has 0 saturated carbocycles. The van der Waals surface area contributed by atoms with E-state index in [1.54, 1.807) is 24.0 Å². The van der Waals surface area contributed by atoms with Gasteiger partial charge in [-0.1, -0.05) is 12.1 Å². The summed E-state index contributed by atoms with van der Waals surface area (Å²) in [5.41, 5.74) is 3.62. The van der Waals surface area contributed by atoms with E-state index in [0.717, 1.165) is 22.5 Å². The lowest BCUT2D eigenvalue weighted by atomic mass is 10.2. The molecule has 0 spiro atoms. The molecule has 31 heavy (non-hydrogen) atoms. The van der Waals surface area contributed by atoms with Gasteiger partial charge >= 0.3 is 0 Å². The lowest BCUT2D eigenvalue weighted by molar-refractivity contribution is -0.121. The second kappa shape index (κ2) is 9.09. The summed E-state index contributed by atoms with van der Waals surface area (Å²) in [6.07, 6.45) is 0.508. The fourth-order valence-electron chi connectivity index (χ4n) is 3.67. The molecular formula is C23H29N3O4S. The number of amides is 2. The summed E-state index contributed by atoms with van der Waals surface area (Å²) < 4.78 is 26.0. The van der Waals surface area contributed by atoms with Crippen LogP contribution in [-0.2, 0) is 32.4 Å². The molecule has 0 saturated heterocycles. The average Bonchev–Trinajstić information content (AvgIpc) is 3.16. The van der Waals surface area contributed by atoms with Crippen molar-refractivity contribution >= 4 is 33.0 Å². The maximum atomic E-state index is 13.0. The monoisotopic (exact) mass is 443 g/mol. The molecule has 2 aromatic carbocycles. The van der Waals surface area contributed by atoms with Crippen LogP contribution in [0.2, 0.25) is 0 Å². The van der Waals surface area contributed by atoms with Gasteiger partial charge < -0.3 is 15.1 Å². The minimum Gasteiger partial charge on any atom is -0.378 e. The van der Waals surface area contributed by atoms with Crippen molar-refractivity contribution in [2.24, 2.45) is 0 Å². The van der Waals surface area contributed by atoms with Gasteiger partial charge in [-0.3, -0.25) is 9.59 Å². The number of fused-ring (bicyclic) bond motifs is 1. The molecule has 7 nitrogen and oxygen atoms in total. The number of nitrogens with one attached hydrogen (secondary N) is 1. The minimum atomic E-state index is -3.66. The third kappa shape index (κ3) is 5.07. The molecule has 1 atom stereocenters. The van der Waals surface area contributed by atoms with Crippen molar-refractivity contribution in [1.29, 1.82) is 0 Å². The van der Waals surface area contributed by atoms with Gasteiger partial charge in [0.2, 0.25) is 11.8 Å². The van der Waals surface area contributed by atoms with Gasteiger partial charge in [-0.2, -0.15) is 0 Å². The molecule has 0 bridgehead atoms. The van der Waals surface area contributed by atoms with Crippen molar-refractivity contribution in [2.75, 3.05) is 30.4 Å². The van der Waals surface area contributed by atoms with Crippen LogP contribution in [0.25, 0.3) is 0 Å². The Morgan fingerprint density at radius 3 is 2.42 bits per heavy atom. The van der Waals surface area contributed by atoms with Crippen LogP contribution in [-0.4, -0.2) is 46.1 Å². The zero-order valence-corrected chi connectivity index (χ0v) is 19.2. The minimum absolute atomic E-state index is 0.0595. The van der Waals surface area contributed by atoms with Crippen molar-refractivity contribution in [3.63, 3.8) is 0 Å². The number of carbonyl (C=O) groups excluding carboxylic acids is 2. The molecule has 8 heteroatoms. The van der Waals surface area contributed by atoms with Crippen molar-refractivity contribution < 1.29 is 18.0 Å². The van der Waals surface area contributed by atoms with Gasteiger partial charge in [0.25, 0.3) is 0 Å². The van der Waals surface area contributed by atoms with E-state index in [0.29, 0.717) is 19.5 Å². The van der Waals surface area contributed by atoms with Crippen molar-refractivity contribution in [1.82, 2.24) is 5.32 Å². The first-order chi connectivity index (χ1) is 14.6. The summed E-state index contributed by atoms with van der Waals surface area (Å²) in [6, 6.07) is 12.6. The first-order valence-corrected chi connectivity index (χ1v) is 11.8. The number of nitrogens with zero attached hydrogens (tertiary/aromatic N) is 2. The number of rotatable bonds is 7. The number of carbonyl (C=O) groups is 2. The summed E-state index contributed by atoms with van der Waals surface area (Å²) in [5, 5.41) is 1.95. The number of sulfone groups is 1. The number of hydrogen-bond acceptors (Lipinski definition) is 5. The van der Waals surface area contributed by atoms with Crippen LogP contribution < -0.4 is 15.1 Å². The Morgan fingerprint density at radius 2 is 1.81 bits per heavy atom. The van der Waals surface area contributed by atoms with Crippen molar-refractivity contribution in [3.05, 3.63) is 53.6 Å². The summed E-state index contributed by atoms with van der Waals surface area (Å²) >= 11 is 0. The van der Waals surface area contributed by atoms with Crippen LogP contribution >= 0.6 is 0 Å². The van der Waals surface area contributed by atoms with Crippen LogP contribution in [0.4, 0.5) is 11.4 Å². The lowest BCUT2D eigenvalue weighted by Gasteiger charge is -2.16. The maximum absolute atomic E-state index is 13.0. The standard InChI is InChI=1S/C23H29N3O4S/c1-16(13-23(28)24-15-18-5-7-20(8-6-18)25(3)4)31(29,30)21-9-10-22-19(14-21)11-12-26(22)17(2)27/h5-10,14,16H,11-13,15H2,1-4H3,(H,24,28). The first-order valence-electron chi connectivity index (χ1n) is 10.3. The molecule has 0 radical (unpaired) electrons. The predicted molar refractivity (Wildman–Crippen MR) is 122 cm³/mol. The molecule has 2 aromatic rings. The van der Waals surface area contributed by atoms with Gasteiger partial charge in [0.1, 0.15) is 0 Å². The molecule has 0 fully saturated rings. The summed E-state index contributed by atoms with van der Waals surface area (Å²) in [4.78, 5) is 27.9. The van der Waals surface area contributed by atoms with Crippen LogP contribution in [0.3, 0.4) is 0 Å². The van der Waals surface area contributed by atoms with Gasteiger partial charge in [0, 0.05) is 51.9 Å². The molecule has 0 aromatic heterocycles. The van der Waals surface area contributed by atoms with Crippen LogP contribution in [0.5, 0.6) is 0 Å². The quantitative estimate of drug-likeness (QED) is 0.711.